The molecule has 0 aliphatic heterocycles. The van der Waals surface area contributed by atoms with Gasteiger partial charge in [0, 0.05) is 31.9 Å². The van der Waals surface area contributed by atoms with Crippen LogP contribution in [0.15, 0.2) is 39.1 Å². The van der Waals surface area contributed by atoms with Crippen molar-refractivity contribution >= 4 is 17.7 Å². The third-order valence-electron chi connectivity index (χ3n) is 4.38. The summed E-state index contributed by atoms with van der Waals surface area (Å²) in [7, 11) is 1.90. The SMILES string of the molecule is Cn1ccnc1SCc1cc(=O)c(OC(=O)CC2CCCCC2)co1. The maximum atomic E-state index is 12.1. The number of ether oxygens (including phenoxy) is 1. The minimum atomic E-state index is -0.352. The molecule has 1 aliphatic rings. The molecule has 1 aliphatic carbocycles. The third kappa shape index (κ3) is 4.98. The van der Waals surface area contributed by atoms with E-state index in [0.717, 1.165) is 18.0 Å². The van der Waals surface area contributed by atoms with E-state index in [4.69, 9.17) is 9.15 Å². The van der Waals surface area contributed by atoms with Crippen LogP contribution in [-0.2, 0) is 17.6 Å². The van der Waals surface area contributed by atoms with Crippen molar-refractivity contribution in [3.63, 3.8) is 0 Å². The van der Waals surface area contributed by atoms with Crippen LogP contribution < -0.4 is 10.2 Å². The van der Waals surface area contributed by atoms with Crippen LogP contribution in [0, 0.1) is 5.92 Å². The van der Waals surface area contributed by atoms with Gasteiger partial charge in [-0.1, -0.05) is 31.0 Å². The Morgan fingerprint density at radius 3 is 2.88 bits per heavy atom. The number of esters is 1. The first-order valence-corrected chi connectivity index (χ1v) is 9.53. The largest absolute Gasteiger partial charge is 0.464 e. The molecule has 0 N–H and O–H groups in total. The Labute approximate surface area is 150 Å². The second-order valence-corrected chi connectivity index (χ2v) is 7.31. The van der Waals surface area contributed by atoms with Crippen molar-refractivity contribution < 1.29 is 13.9 Å². The molecule has 0 atom stereocenters. The van der Waals surface area contributed by atoms with E-state index >= 15 is 0 Å². The zero-order chi connectivity index (χ0) is 17.6. The number of thioether (sulfide) groups is 1. The van der Waals surface area contributed by atoms with E-state index in [0.29, 0.717) is 23.9 Å². The smallest absolute Gasteiger partial charge is 0.311 e. The van der Waals surface area contributed by atoms with Crippen LogP contribution in [0.5, 0.6) is 5.75 Å². The molecule has 2 aromatic rings. The second kappa shape index (κ2) is 8.38. The van der Waals surface area contributed by atoms with E-state index in [1.165, 1.54) is 43.4 Å². The summed E-state index contributed by atoms with van der Waals surface area (Å²) >= 11 is 1.47. The topological polar surface area (TPSA) is 74.3 Å². The Morgan fingerprint density at radius 1 is 1.40 bits per heavy atom. The third-order valence-corrected chi connectivity index (χ3v) is 5.46. The van der Waals surface area contributed by atoms with Gasteiger partial charge in [-0.15, -0.1) is 0 Å². The van der Waals surface area contributed by atoms with Crippen molar-refractivity contribution in [1.82, 2.24) is 9.55 Å². The minimum Gasteiger partial charge on any atom is -0.464 e. The fraction of sp³-hybridized carbons (Fsp3) is 0.500. The highest BCUT2D eigenvalue weighted by Crippen LogP contribution is 2.26. The van der Waals surface area contributed by atoms with Gasteiger partial charge in [0.2, 0.25) is 11.2 Å². The lowest BCUT2D eigenvalue weighted by molar-refractivity contribution is -0.135. The lowest BCUT2D eigenvalue weighted by Gasteiger charge is -2.20. The lowest BCUT2D eigenvalue weighted by Crippen LogP contribution is -2.19. The summed E-state index contributed by atoms with van der Waals surface area (Å²) in [5, 5.41) is 0.839. The second-order valence-electron chi connectivity index (χ2n) is 6.37. The molecule has 1 saturated carbocycles. The summed E-state index contributed by atoms with van der Waals surface area (Å²) in [5.74, 6) is 0.990. The number of hydrogen-bond donors (Lipinski definition) is 0. The molecule has 0 saturated heterocycles. The molecule has 0 spiro atoms. The summed E-state index contributed by atoms with van der Waals surface area (Å²) in [6.07, 6.45) is 10.9. The number of aryl methyl sites for hydroxylation is 1. The average molecular weight is 362 g/mol. The molecular weight excluding hydrogens is 340 g/mol. The summed E-state index contributed by atoms with van der Waals surface area (Å²) < 4.78 is 12.5. The Morgan fingerprint density at radius 2 is 2.20 bits per heavy atom. The molecule has 3 rings (SSSR count). The van der Waals surface area contributed by atoms with Crippen LogP contribution in [0.4, 0.5) is 0 Å². The maximum Gasteiger partial charge on any atom is 0.311 e. The molecule has 134 valence electrons. The first-order chi connectivity index (χ1) is 12.1. The molecule has 1 fully saturated rings. The Kier molecular flexibility index (Phi) is 5.96. The number of carbonyl (C=O) groups excluding carboxylic acids is 1. The lowest BCUT2D eigenvalue weighted by atomic mass is 9.87. The van der Waals surface area contributed by atoms with Gasteiger partial charge in [-0.2, -0.15) is 0 Å². The Balaban J connectivity index is 1.55. The maximum absolute atomic E-state index is 12.1. The Hall–Kier alpha value is -2.02. The van der Waals surface area contributed by atoms with Crippen molar-refractivity contribution in [3.05, 3.63) is 40.7 Å². The van der Waals surface area contributed by atoms with Gasteiger partial charge in [-0.25, -0.2) is 4.98 Å². The van der Waals surface area contributed by atoms with E-state index in [9.17, 15) is 9.59 Å². The van der Waals surface area contributed by atoms with Crippen LogP contribution in [0.25, 0.3) is 0 Å². The molecule has 0 aromatic carbocycles. The normalized spacial score (nSPS) is 15.2. The molecule has 2 heterocycles. The molecule has 0 amide bonds. The standard InChI is InChI=1S/C18H22N2O4S/c1-20-8-7-19-18(20)25-12-14-10-15(21)16(11-23-14)24-17(22)9-13-5-3-2-4-6-13/h7-8,10-11,13H,2-6,9,12H2,1H3. The molecule has 0 radical (unpaired) electrons. The fourth-order valence-corrected chi connectivity index (χ4v) is 3.83. The summed E-state index contributed by atoms with van der Waals surface area (Å²) in [4.78, 5) is 28.3. The van der Waals surface area contributed by atoms with Crippen LogP contribution >= 0.6 is 11.8 Å². The van der Waals surface area contributed by atoms with E-state index < -0.39 is 0 Å². The highest BCUT2D eigenvalue weighted by atomic mass is 32.2. The molecule has 6 nitrogen and oxygen atoms in total. The van der Waals surface area contributed by atoms with Gasteiger partial charge < -0.3 is 13.7 Å². The van der Waals surface area contributed by atoms with Gasteiger partial charge in [-0.3, -0.25) is 9.59 Å². The van der Waals surface area contributed by atoms with Gasteiger partial charge >= 0.3 is 5.97 Å². The molecule has 0 unspecified atom stereocenters. The van der Waals surface area contributed by atoms with E-state index in [1.54, 1.807) is 6.20 Å². The fourth-order valence-electron chi connectivity index (χ4n) is 3.01. The van der Waals surface area contributed by atoms with Gasteiger partial charge in [0.15, 0.2) is 5.16 Å². The average Bonchev–Trinajstić information content (AvgIpc) is 3.01. The van der Waals surface area contributed by atoms with Crippen LogP contribution in [0.3, 0.4) is 0 Å². The van der Waals surface area contributed by atoms with Crippen molar-refractivity contribution in [2.24, 2.45) is 13.0 Å². The van der Waals surface area contributed by atoms with Crippen LogP contribution in [-0.4, -0.2) is 15.5 Å². The molecule has 25 heavy (non-hydrogen) atoms. The number of imidazole rings is 1. The predicted molar refractivity (Wildman–Crippen MR) is 94.6 cm³/mol. The van der Waals surface area contributed by atoms with Crippen molar-refractivity contribution in [2.75, 3.05) is 0 Å². The van der Waals surface area contributed by atoms with Crippen LogP contribution in [0.1, 0.15) is 44.3 Å². The number of carbonyl (C=O) groups is 1. The van der Waals surface area contributed by atoms with Gasteiger partial charge in [0.05, 0.1) is 5.75 Å². The van der Waals surface area contributed by atoms with Crippen molar-refractivity contribution in [1.29, 1.82) is 0 Å². The summed E-state index contributed by atoms with van der Waals surface area (Å²) in [6.45, 7) is 0. The highest BCUT2D eigenvalue weighted by Gasteiger charge is 2.19. The molecule has 0 bridgehead atoms. The first-order valence-electron chi connectivity index (χ1n) is 8.54. The van der Waals surface area contributed by atoms with Gasteiger partial charge in [0.25, 0.3) is 0 Å². The quantitative estimate of drug-likeness (QED) is 0.578. The molecule has 7 heteroatoms. The van der Waals surface area contributed by atoms with Gasteiger partial charge in [0.1, 0.15) is 12.0 Å². The van der Waals surface area contributed by atoms with Crippen molar-refractivity contribution in [3.8, 4) is 5.75 Å². The monoisotopic (exact) mass is 362 g/mol. The first kappa shape index (κ1) is 17.8. The van der Waals surface area contributed by atoms with E-state index in [1.807, 2.05) is 17.8 Å². The zero-order valence-electron chi connectivity index (χ0n) is 14.3. The number of rotatable bonds is 6. The van der Waals surface area contributed by atoms with E-state index in [2.05, 4.69) is 4.98 Å². The molecule has 2 aromatic heterocycles. The number of hydrogen-bond acceptors (Lipinski definition) is 6. The minimum absolute atomic E-state index is 0.0356. The van der Waals surface area contributed by atoms with Gasteiger partial charge in [-0.05, 0) is 18.8 Å². The Bertz CT molecular complexity index is 777. The zero-order valence-corrected chi connectivity index (χ0v) is 15.1. The van der Waals surface area contributed by atoms with E-state index in [-0.39, 0.29) is 17.1 Å². The number of nitrogens with zero attached hydrogens (tertiary/aromatic N) is 2. The molecular formula is C18H22N2O4S. The predicted octanol–water partition coefficient (Wildman–Crippen LogP) is 3.54. The van der Waals surface area contributed by atoms with Crippen molar-refractivity contribution in [2.45, 2.75) is 49.4 Å². The number of aromatic nitrogens is 2. The summed E-state index contributed by atoms with van der Waals surface area (Å²) in [6, 6.07) is 1.37. The highest BCUT2D eigenvalue weighted by molar-refractivity contribution is 7.98. The van der Waals surface area contributed by atoms with Crippen LogP contribution in [0.2, 0.25) is 0 Å². The summed E-state index contributed by atoms with van der Waals surface area (Å²) in [5.41, 5.74) is -0.335.